The zero-order chi connectivity index (χ0) is 56.6. The molecule has 0 radical (unpaired) electrons. The number of rotatable bonds is 2. The van der Waals surface area contributed by atoms with Crippen molar-refractivity contribution < 1.29 is 8.83 Å². The quantitative estimate of drug-likeness (QED) is 0.173. The molecule has 0 unspecified atom stereocenters. The smallest absolute Gasteiger partial charge is 0.143 e. The molecule has 0 N–H and O–H groups in total. The van der Waals surface area contributed by atoms with E-state index in [0.29, 0.717) is 11.1 Å². The van der Waals surface area contributed by atoms with Gasteiger partial charge in [-0.05, 0) is 145 Å². The first-order chi connectivity index (χ1) is 41.6. The van der Waals surface area contributed by atoms with Crippen molar-refractivity contribution in [1.82, 2.24) is 4.40 Å². The van der Waals surface area contributed by atoms with Gasteiger partial charge in [-0.2, -0.15) is 10.5 Å². The maximum absolute atomic E-state index is 12.1. The number of hydrogen-bond acceptors (Lipinski definition) is 4. The fraction of sp³-hybridized carbons (Fsp3) is 0.150. The third-order valence-corrected chi connectivity index (χ3v) is 21.3. The van der Waals surface area contributed by atoms with Crippen molar-refractivity contribution in [3.05, 3.63) is 256 Å². The molecule has 11 aromatic carbocycles. The molecule has 19 rings (SSSR count). The number of nitriles is 2. The van der Waals surface area contributed by atoms with Crippen LogP contribution in [-0.2, 0) is 21.7 Å². The van der Waals surface area contributed by atoms with Gasteiger partial charge in [-0.1, -0.05) is 198 Å². The average molecular weight is 1090 g/mol. The number of furan rings is 2. The molecule has 5 nitrogen and oxygen atoms in total. The number of hydrogen-bond donors (Lipinski definition) is 0. The summed E-state index contributed by atoms with van der Waals surface area (Å²) in [7, 11) is 0. The van der Waals surface area contributed by atoms with Crippen LogP contribution < -0.4 is 0 Å². The number of benzene rings is 11. The number of fused-ring (bicyclic) bond motifs is 28. The van der Waals surface area contributed by atoms with Crippen molar-refractivity contribution in [2.24, 2.45) is 0 Å². The van der Waals surface area contributed by atoms with Gasteiger partial charge in [-0.3, -0.25) is 0 Å². The first-order valence-corrected chi connectivity index (χ1v) is 30.0. The highest BCUT2D eigenvalue weighted by Gasteiger charge is 2.55. The lowest BCUT2D eigenvalue weighted by atomic mass is 9.56. The summed E-state index contributed by atoms with van der Waals surface area (Å²) >= 11 is 0. The first kappa shape index (κ1) is 47.3. The molecule has 0 atom stereocenters. The van der Waals surface area contributed by atoms with Crippen LogP contribution in [0.5, 0.6) is 0 Å². The molecule has 4 aromatic heterocycles. The van der Waals surface area contributed by atoms with Crippen LogP contribution in [0.15, 0.2) is 209 Å². The van der Waals surface area contributed by atoms with Gasteiger partial charge in [0.2, 0.25) is 0 Å². The fourth-order valence-corrected chi connectivity index (χ4v) is 18.0. The molecular formula is C80H53N3O2. The maximum atomic E-state index is 12.1. The van der Waals surface area contributed by atoms with Gasteiger partial charge in [0.15, 0.2) is 0 Å². The van der Waals surface area contributed by atoms with Crippen molar-refractivity contribution >= 4 is 82.0 Å². The zero-order valence-corrected chi connectivity index (χ0v) is 47.5. The van der Waals surface area contributed by atoms with Crippen LogP contribution in [0.3, 0.4) is 0 Å². The molecule has 0 saturated carbocycles. The highest BCUT2D eigenvalue weighted by Crippen LogP contribution is 2.66. The van der Waals surface area contributed by atoms with E-state index in [2.05, 4.69) is 244 Å². The molecule has 5 heteroatoms. The van der Waals surface area contributed by atoms with Gasteiger partial charge >= 0.3 is 0 Å². The van der Waals surface area contributed by atoms with Crippen molar-refractivity contribution in [2.45, 2.75) is 75.0 Å². The van der Waals surface area contributed by atoms with E-state index in [1.54, 1.807) is 0 Å². The number of nitrogens with zero attached hydrogens (tertiary/aromatic N) is 3. The second kappa shape index (κ2) is 15.9. The molecule has 4 heterocycles. The molecule has 0 aliphatic heterocycles. The van der Waals surface area contributed by atoms with E-state index in [-0.39, 0.29) is 0 Å². The average Bonchev–Trinajstić information content (AvgIpc) is 1.56. The van der Waals surface area contributed by atoms with Crippen LogP contribution in [0.4, 0.5) is 0 Å². The Morgan fingerprint density at radius 2 is 0.706 bits per heavy atom. The Hall–Kier alpha value is -10.2. The highest BCUT2D eigenvalue weighted by atomic mass is 16.3. The van der Waals surface area contributed by atoms with E-state index >= 15 is 0 Å². The molecule has 4 aliphatic carbocycles. The van der Waals surface area contributed by atoms with Gasteiger partial charge in [0.25, 0.3) is 0 Å². The van der Waals surface area contributed by atoms with Crippen molar-refractivity contribution in [3.8, 4) is 56.6 Å². The Morgan fingerprint density at radius 1 is 0.353 bits per heavy atom. The lowest BCUT2D eigenvalue weighted by Crippen LogP contribution is -2.39. The summed E-state index contributed by atoms with van der Waals surface area (Å²) in [4.78, 5) is 0. The molecule has 85 heavy (non-hydrogen) atoms. The SMILES string of the molecule is CC1(C)CCC2(c3ccccc3-c3ccccc32)c2c(C#N)cc3c(c21)c1c(-c2cccc4c2oc2ccccc24)cc(-c2cccc4c2oc2ccccc24)c2c4c5c(c(C#N)cc4n3c12)C1(CCC5(C)C)c2ccccc2-c2ccccc21. The summed E-state index contributed by atoms with van der Waals surface area (Å²) in [5.74, 6) is 0. The van der Waals surface area contributed by atoms with Gasteiger partial charge in [-0.15, -0.1) is 0 Å². The summed E-state index contributed by atoms with van der Waals surface area (Å²) in [6.45, 7) is 9.65. The second-order valence-corrected chi connectivity index (χ2v) is 26.1. The van der Waals surface area contributed by atoms with E-state index in [0.717, 1.165) is 141 Å². The van der Waals surface area contributed by atoms with Crippen molar-refractivity contribution in [2.75, 3.05) is 0 Å². The largest absolute Gasteiger partial charge is 0.455 e. The van der Waals surface area contributed by atoms with Gasteiger partial charge < -0.3 is 13.2 Å². The summed E-state index contributed by atoms with van der Waals surface area (Å²) in [6, 6.07) is 78.6. The normalized spacial score (nSPS) is 16.4. The van der Waals surface area contributed by atoms with Crippen LogP contribution in [0.2, 0.25) is 0 Å². The standard InChI is InChI=1S/C80H53N3O2/c1-77(2)35-37-79(58-29-11-5-19-46(58)47-20-6-12-30-59(47)79)70-44(42-81)39-62-68(72(70)77)66-56(54-27-17-25-52-50-23-9-15-33-64(50)84-75(52)54)41-57(55-28-18-26-53-51-24-10-16-34-65(51)85-76(53)55)67-69-63(83(62)74(66)67)40-45(43-82)71-73(69)78(3,4)36-38-80(71)60-31-13-7-21-48(60)49-22-8-14-32-61(49)80/h5-34,39-41H,35-38H2,1-4H3. The van der Waals surface area contributed by atoms with E-state index in [4.69, 9.17) is 8.83 Å². The van der Waals surface area contributed by atoms with Crippen LogP contribution in [0.1, 0.15) is 109 Å². The predicted octanol–water partition coefficient (Wildman–Crippen LogP) is 20.5. The summed E-state index contributed by atoms with van der Waals surface area (Å²) in [5.41, 5.74) is 24.4. The monoisotopic (exact) mass is 1090 g/mol. The molecule has 0 saturated heterocycles. The predicted molar refractivity (Wildman–Crippen MR) is 344 cm³/mol. The summed E-state index contributed by atoms with van der Waals surface area (Å²) in [6.07, 6.45) is 3.47. The third kappa shape index (κ3) is 5.55. The number of para-hydroxylation sites is 4. The van der Waals surface area contributed by atoms with Crippen LogP contribution >= 0.6 is 0 Å². The van der Waals surface area contributed by atoms with Gasteiger partial charge in [-0.25, -0.2) is 0 Å². The third-order valence-electron chi connectivity index (χ3n) is 21.3. The molecule has 2 spiro atoms. The molecule has 0 bridgehead atoms. The molecular weight excluding hydrogens is 1030 g/mol. The molecule has 0 fully saturated rings. The lowest BCUT2D eigenvalue weighted by Gasteiger charge is -2.46. The Bertz CT molecular complexity index is 5230. The Morgan fingerprint density at radius 3 is 1.11 bits per heavy atom. The van der Waals surface area contributed by atoms with Crippen LogP contribution in [0, 0.1) is 22.7 Å². The summed E-state index contributed by atoms with van der Waals surface area (Å²) in [5, 5.41) is 33.1. The Labute approximate surface area is 490 Å². The van der Waals surface area contributed by atoms with E-state index in [1.165, 1.54) is 55.6 Å². The van der Waals surface area contributed by atoms with E-state index in [9.17, 15) is 10.5 Å². The Balaban J connectivity index is 1.09. The Kier molecular flexibility index (Phi) is 8.85. The number of aromatic nitrogens is 1. The second-order valence-electron chi connectivity index (χ2n) is 26.1. The summed E-state index contributed by atoms with van der Waals surface area (Å²) < 4.78 is 16.8. The molecule has 15 aromatic rings. The van der Waals surface area contributed by atoms with Crippen molar-refractivity contribution in [3.63, 3.8) is 0 Å². The lowest BCUT2D eigenvalue weighted by molar-refractivity contribution is 0.371. The fourth-order valence-electron chi connectivity index (χ4n) is 18.0. The zero-order valence-electron chi connectivity index (χ0n) is 47.5. The van der Waals surface area contributed by atoms with Crippen molar-refractivity contribution in [1.29, 1.82) is 10.5 Å². The van der Waals surface area contributed by atoms with Gasteiger partial charge in [0.05, 0.1) is 39.8 Å². The van der Waals surface area contributed by atoms with E-state index < -0.39 is 21.7 Å². The van der Waals surface area contributed by atoms with Crippen LogP contribution in [0.25, 0.3) is 126 Å². The first-order valence-electron chi connectivity index (χ1n) is 30.0. The minimum Gasteiger partial charge on any atom is -0.455 e. The minimum atomic E-state index is -0.592. The molecule has 0 amide bonds. The maximum Gasteiger partial charge on any atom is 0.143 e. The van der Waals surface area contributed by atoms with Gasteiger partial charge in [0, 0.05) is 65.0 Å². The van der Waals surface area contributed by atoms with Gasteiger partial charge in [0.1, 0.15) is 22.3 Å². The topological polar surface area (TPSA) is 78.3 Å². The molecule has 4 aliphatic rings. The van der Waals surface area contributed by atoms with E-state index in [1.807, 2.05) is 0 Å². The van der Waals surface area contributed by atoms with Crippen LogP contribution in [-0.4, -0.2) is 4.40 Å². The highest BCUT2D eigenvalue weighted by molar-refractivity contribution is 6.34. The molecule has 400 valence electrons. The minimum absolute atomic E-state index is 0.397.